The van der Waals surface area contributed by atoms with Crippen molar-refractivity contribution in [2.24, 2.45) is 0 Å². The Hall–Kier alpha value is -0.570. The lowest BCUT2D eigenvalue weighted by Crippen LogP contribution is -2.24. The SMILES string of the molecule is CC.CC(=O)N1CCCC1.CC(C)O. The third kappa shape index (κ3) is 11.4. The predicted octanol–water partition coefficient (Wildman–Crippen LogP) is 2.04. The summed E-state index contributed by atoms with van der Waals surface area (Å²) in [6, 6.07) is 0. The molecule has 1 saturated heterocycles. The fourth-order valence-corrected chi connectivity index (χ4v) is 1.03. The lowest BCUT2D eigenvalue weighted by molar-refractivity contribution is -0.127. The van der Waals surface area contributed by atoms with Gasteiger partial charge in [0.1, 0.15) is 0 Å². The molecule has 1 heterocycles. The van der Waals surface area contributed by atoms with Gasteiger partial charge < -0.3 is 10.0 Å². The van der Waals surface area contributed by atoms with E-state index in [1.54, 1.807) is 20.8 Å². The van der Waals surface area contributed by atoms with E-state index in [4.69, 9.17) is 5.11 Å². The number of amides is 1. The van der Waals surface area contributed by atoms with E-state index in [2.05, 4.69) is 0 Å². The maximum absolute atomic E-state index is 10.6. The molecular formula is C11H25NO2. The van der Waals surface area contributed by atoms with Crippen molar-refractivity contribution in [2.75, 3.05) is 13.1 Å². The number of hydrogen-bond acceptors (Lipinski definition) is 2. The van der Waals surface area contributed by atoms with Gasteiger partial charge in [-0.3, -0.25) is 4.79 Å². The van der Waals surface area contributed by atoms with Crippen molar-refractivity contribution < 1.29 is 9.90 Å². The number of carbonyl (C=O) groups is 1. The molecule has 1 aliphatic rings. The summed E-state index contributed by atoms with van der Waals surface area (Å²) in [5, 5.41) is 8.06. The summed E-state index contributed by atoms with van der Waals surface area (Å²) in [5.74, 6) is 0.225. The van der Waals surface area contributed by atoms with Gasteiger partial charge in [-0.15, -0.1) is 0 Å². The summed E-state index contributed by atoms with van der Waals surface area (Å²) in [4.78, 5) is 12.5. The molecule has 3 nitrogen and oxygen atoms in total. The number of carbonyl (C=O) groups excluding carboxylic acids is 1. The van der Waals surface area contributed by atoms with Gasteiger partial charge in [0.05, 0.1) is 0 Å². The maximum Gasteiger partial charge on any atom is 0.219 e. The Morgan fingerprint density at radius 1 is 1.21 bits per heavy atom. The molecule has 0 atom stereocenters. The summed E-state index contributed by atoms with van der Waals surface area (Å²) < 4.78 is 0. The van der Waals surface area contributed by atoms with Crippen molar-refractivity contribution in [1.82, 2.24) is 4.90 Å². The third-order valence-electron chi connectivity index (χ3n) is 1.55. The topological polar surface area (TPSA) is 40.5 Å². The van der Waals surface area contributed by atoms with E-state index < -0.39 is 0 Å². The van der Waals surface area contributed by atoms with Gasteiger partial charge in [-0.2, -0.15) is 0 Å². The first-order chi connectivity index (χ1) is 6.54. The molecule has 0 aromatic carbocycles. The van der Waals surface area contributed by atoms with E-state index in [0.717, 1.165) is 13.1 Å². The second-order valence-corrected chi connectivity index (χ2v) is 3.31. The molecule has 1 amide bonds. The summed E-state index contributed by atoms with van der Waals surface area (Å²) in [7, 11) is 0. The highest BCUT2D eigenvalue weighted by molar-refractivity contribution is 5.73. The van der Waals surface area contributed by atoms with Crippen LogP contribution in [-0.4, -0.2) is 35.1 Å². The molecule has 86 valence electrons. The Bertz CT molecular complexity index is 126. The van der Waals surface area contributed by atoms with E-state index in [1.807, 2.05) is 18.7 Å². The second kappa shape index (κ2) is 10.5. The molecule has 0 bridgehead atoms. The van der Waals surface area contributed by atoms with Crippen LogP contribution in [0.2, 0.25) is 0 Å². The Labute approximate surface area is 88.1 Å². The first-order valence-corrected chi connectivity index (χ1v) is 5.47. The third-order valence-corrected chi connectivity index (χ3v) is 1.55. The van der Waals surface area contributed by atoms with Crippen LogP contribution in [-0.2, 0) is 4.79 Å². The summed E-state index contributed by atoms with van der Waals surface area (Å²) in [6.45, 7) is 11.0. The first kappa shape index (κ1) is 15.9. The predicted molar refractivity (Wildman–Crippen MR) is 60.2 cm³/mol. The van der Waals surface area contributed by atoms with Gasteiger partial charge in [0, 0.05) is 26.1 Å². The Balaban J connectivity index is 0. The van der Waals surface area contributed by atoms with Gasteiger partial charge in [0.25, 0.3) is 0 Å². The minimum atomic E-state index is -0.167. The van der Waals surface area contributed by atoms with Crippen LogP contribution >= 0.6 is 0 Å². The van der Waals surface area contributed by atoms with Crippen LogP contribution in [0.1, 0.15) is 47.5 Å². The average Bonchev–Trinajstić information content (AvgIpc) is 2.58. The van der Waals surface area contributed by atoms with Crippen molar-refractivity contribution in [2.45, 2.75) is 53.6 Å². The number of aliphatic hydroxyl groups excluding tert-OH is 1. The summed E-state index contributed by atoms with van der Waals surface area (Å²) in [6.07, 6.45) is 2.22. The fourth-order valence-electron chi connectivity index (χ4n) is 1.03. The Kier molecular flexibility index (Phi) is 11.9. The van der Waals surface area contributed by atoms with Crippen LogP contribution in [0.25, 0.3) is 0 Å². The largest absolute Gasteiger partial charge is 0.394 e. The van der Waals surface area contributed by atoms with Crippen LogP contribution < -0.4 is 0 Å². The molecule has 0 aromatic heterocycles. The zero-order chi connectivity index (χ0) is 11.6. The molecule has 0 saturated carbocycles. The van der Waals surface area contributed by atoms with Crippen molar-refractivity contribution in [1.29, 1.82) is 0 Å². The molecular weight excluding hydrogens is 178 g/mol. The minimum Gasteiger partial charge on any atom is -0.394 e. The first-order valence-electron chi connectivity index (χ1n) is 5.47. The van der Waals surface area contributed by atoms with E-state index in [9.17, 15) is 4.79 Å². The number of likely N-dealkylation sites (tertiary alicyclic amines) is 1. The molecule has 0 aliphatic carbocycles. The summed E-state index contributed by atoms with van der Waals surface area (Å²) in [5.41, 5.74) is 0. The van der Waals surface area contributed by atoms with Gasteiger partial charge in [-0.05, 0) is 26.7 Å². The highest BCUT2D eigenvalue weighted by Crippen LogP contribution is 2.05. The minimum absolute atomic E-state index is 0.167. The standard InChI is InChI=1S/C6H11NO.C3H8O.C2H6/c1-6(8)7-4-2-3-5-7;1-3(2)4;1-2/h2-5H2,1H3;3-4H,1-2H3;1-2H3. The van der Waals surface area contributed by atoms with Crippen LogP contribution in [0, 0.1) is 0 Å². The zero-order valence-electron chi connectivity index (χ0n) is 10.2. The molecule has 1 N–H and O–H groups in total. The molecule has 0 radical (unpaired) electrons. The smallest absolute Gasteiger partial charge is 0.219 e. The lowest BCUT2D eigenvalue weighted by atomic mass is 10.4. The van der Waals surface area contributed by atoms with Crippen molar-refractivity contribution >= 4 is 5.91 Å². The Morgan fingerprint density at radius 2 is 1.50 bits per heavy atom. The second-order valence-electron chi connectivity index (χ2n) is 3.31. The normalized spacial score (nSPS) is 14.1. The lowest BCUT2D eigenvalue weighted by Gasteiger charge is -2.10. The zero-order valence-corrected chi connectivity index (χ0v) is 10.2. The molecule has 3 heteroatoms. The van der Waals surface area contributed by atoms with Gasteiger partial charge in [0.2, 0.25) is 5.91 Å². The summed E-state index contributed by atoms with van der Waals surface area (Å²) >= 11 is 0. The van der Waals surface area contributed by atoms with Gasteiger partial charge in [-0.1, -0.05) is 13.8 Å². The van der Waals surface area contributed by atoms with E-state index in [0.29, 0.717) is 0 Å². The molecule has 1 fully saturated rings. The van der Waals surface area contributed by atoms with E-state index >= 15 is 0 Å². The van der Waals surface area contributed by atoms with Gasteiger partial charge in [0.15, 0.2) is 0 Å². The monoisotopic (exact) mass is 203 g/mol. The van der Waals surface area contributed by atoms with Gasteiger partial charge in [-0.25, -0.2) is 0 Å². The highest BCUT2D eigenvalue weighted by Gasteiger charge is 2.12. The fraction of sp³-hybridized carbons (Fsp3) is 0.909. The number of rotatable bonds is 0. The van der Waals surface area contributed by atoms with E-state index in [1.165, 1.54) is 12.8 Å². The number of nitrogens with zero attached hydrogens (tertiary/aromatic N) is 1. The number of hydrogen-bond donors (Lipinski definition) is 1. The quantitative estimate of drug-likeness (QED) is 0.654. The molecule has 0 spiro atoms. The van der Waals surface area contributed by atoms with Gasteiger partial charge >= 0.3 is 0 Å². The van der Waals surface area contributed by atoms with Crippen molar-refractivity contribution in [3.8, 4) is 0 Å². The van der Waals surface area contributed by atoms with Crippen molar-refractivity contribution in [3.05, 3.63) is 0 Å². The van der Waals surface area contributed by atoms with Crippen LogP contribution in [0.4, 0.5) is 0 Å². The van der Waals surface area contributed by atoms with E-state index in [-0.39, 0.29) is 12.0 Å². The molecule has 0 unspecified atom stereocenters. The average molecular weight is 203 g/mol. The van der Waals surface area contributed by atoms with Crippen molar-refractivity contribution in [3.63, 3.8) is 0 Å². The molecule has 1 rings (SSSR count). The number of aliphatic hydroxyl groups is 1. The van der Waals surface area contributed by atoms with Crippen LogP contribution in [0.5, 0.6) is 0 Å². The molecule has 1 aliphatic heterocycles. The highest BCUT2D eigenvalue weighted by atomic mass is 16.3. The molecule has 0 aromatic rings. The van der Waals surface area contributed by atoms with Crippen LogP contribution in [0.15, 0.2) is 0 Å². The molecule has 14 heavy (non-hydrogen) atoms. The van der Waals surface area contributed by atoms with Crippen LogP contribution in [0.3, 0.4) is 0 Å². The Morgan fingerprint density at radius 3 is 1.64 bits per heavy atom. The maximum atomic E-state index is 10.6.